The lowest BCUT2D eigenvalue weighted by Gasteiger charge is -2.33. The minimum absolute atomic E-state index is 0.0924. The summed E-state index contributed by atoms with van der Waals surface area (Å²) in [5.41, 5.74) is 1.72. The molecule has 7 heteroatoms. The molecule has 1 atom stereocenters. The molecule has 1 N–H and O–H groups in total. The summed E-state index contributed by atoms with van der Waals surface area (Å²) in [5, 5.41) is 15.6. The molecule has 0 aliphatic carbocycles. The van der Waals surface area contributed by atoms with Crippen molar-refractivity contribution in [1.82, 2.24) is 9.78 Å². The summed E-state index contributed by atoms with van der Waals surface area (Å²) in [4.78, 5) is 0. The van der Waals surface area contributed by atoms with Gasteiger partial charge in [0.2, 0.25) is 0 Å². The van der Waals surface area contributed by atoms with Gasteiger partial charge in [-0.1, -0.05) is 44.2 Å². The van der Waals surface area contributed by atoms with E-state index in [4.69, 9.17) is 9.31 Å². The molecule has 3 aromatic rings. The standard InChI is InChI=1S/C20H22BFN2O3/c1-20(2)12-26-21(27-13-20)19-15-10-24(23-17(15)9-8-16(19)22)11-18(25)14-6-4-3-5-7-14/h3-10,18,25H,11-13H2,1-2H3/t18-/m0/s1. The third kappa shape index (κ3) is 3.76. The van der Waals surface area contributed by atoms with E-state index in [1.807, 2.05) is 44.2 Å². The van der Waals surface area contributed by atoms with Crippen molar-refractivity contribution < 1.29 is 18.8 Å². The Labute approximate surface area is 157 Å². The summed E-state index contributed by atoms with van der Waals surface area (Å²) in [6.07, 6.45) is 1.05. The molecule has 0 amide bonds. The second-order valence-corrected chi connectivity index (χ2v) is 7.79. The fourth-order valence-corrected chi connectivity index (χ4v) is 3.29. The van der Waals surface area contributed by atoms with Crippen LogP contribution in [0, 0.1) is 11.2 Å². The van der Waals surface area contributed by atoms with Gasteiger partial charge in [0, 0.05) is 35.7 Å². The predicted octanol–water partition coefficient (Wildman–Crippen LogP) is 2.68. The molecule has 5 nitrogen and oxygen atoms in total. The van der Waals surface area contributed by atoms with Gasteiger partial charge in [-0.05, 0) is 17.7 Å². The van der Waals surface area contributed by atoms with Gasteiger partial charge in [-0.3, -0.25) is 4.68 Å². The molecule has 4 rings (SSSR count). The first-order valence-corrected chi connectivity index (χ1v) is 9.05. The fraction of sp³-hybridized carbons (Fsp3) is 0.350. The highest BCUT2D eigenvalue weighted by atomic mass is 19.1. The van der Waals surface area contributed by atoms with Crippen LogP contribution in [0.3, 0.4) is 0 Å². The normalized spacial score (nSPS) is 18.0. The SMILES string of the molecule is CC1(C)COB(c2c(F)ccc3nn(C[C@H](O)c4ccccc4)cc23)OC1. The molecule has 0 radical (unpaired) electrons. The van der Waals surface area contributed by atoms with Crippen LogP contribution < -0.4 is 5.46 Å². The Morgan fingerprint density at radius 3 is 2.59 bits per heavy atom. The molecule has 1 aliphatic rings. The van der Waals surface area contributed by atoms with Crippen LogP contribution in [0.25, 0.3) is 10.9 Å². The fourth-order valence-electron chi connectivity index (χ4n) is 3.29. The molecule has 27 heavy (non-hydrogen) atoms. The van der Waals surface area contributed by atoms with Crippen LogP contribution in [0.1, 0.15) is 25.5 Å². The molecule has 1 aromatic heterocycles. The van der Waals surface area contributed by atoms with Crippen molar-refractivity contribution in [2.24, 2.45) is 5.41 Å². The number of aliphatic hydroxyl groups is 1. The monoisotopic (exact) mass is 368 g/mol. The van der Waals surface area contributed by atoms with Crippen LogP contribution in [-0.4, -0.2) is 35.2 Å². The molecule has 1 saturated heterocycles. The highest BCUT2D eigenvalue weighted by Gasteiger charge is 2.36. The van der Waals surface area contributed by atoms with Crippen LogP contribution in [0.2, 0.25) is 0 Å². The van der Waals surface area contributed by atoms with Crippen molar-refractivity contribution in [3.8, 4) is 0 Å². The molecule has 0 bridgehead atoms. The van der Waals surface area contributed by atoms with Gasteiger partial charge in [-0.25, -0.2) is 4.39 Å². The van der Waals surface area contributed by atoms with Crippen LogP contribution in [0.15, 0.2) is 48.7 Å². The summed E-state index contributed by atoms with van der Waals surface area (Å²) >= 11 is 0. The van der Waals surface area contributed by atoms with E-state index < -0.39 is 13.2 Å². The number of benzene rings is 2. The quantitative estimate of drug-likeness (QED) is 0.720. The first-order chi connectivity index (χ1) is 12.9. The van der Waals surface area contributed by atoms with Crippen LogP contribution >= 0.6 is 0 Å². The lowest BCUT2D eigenvalue weighted by atomic mass is 9.74. The van der Waals surface area contributed by atoms with Gasteiger partial charge in [-0.15, -0.1) is 0 Å². The average Bonchev–Trinajstić information content (AvgIpc) is 3.05. The Kier molecular flexibility index (Phi) is 4.76. The van der Waals surface area contributed by atoms with Gasteiger partial charge in [0.15, 0.2) is 0 Å². The van der Waals surface area contributed by atoms with Crippen LogP contribution in [-0.2, 0) is 15.9 Å². The predicted molar refractivity (Wildman–Crippen MR) is 102 cm³/mol. The summed E-state index contributed by atoms with van der Waals surface area (Å²) in [7, 11) is -0.751. The van der Waals surface area contributed by atoms with Crippen molar-refractivity contribution in [3.05, 3.63) is 60.0 Å². The zero-order valence-electron chi connectivity index (χ0n) is 15.4. The van der Waals surface area contributed by atoms with Gasteiger partial charge >= 0.3 is 7.12 Å². The zero-order chi connectivity index (χ0) is 19.0. The second kappa shape index (κ2) is 7.07. The van der Waals surface area contributed by atoms with Crippen LogP contribution in [0.4, 0.5) is 4.39 Å². The number of halogens is 1. The lowest BCUT2D eigenvalue weighted by molar-refractivity contribution is 0.0341. The van der Waals surface area contributed by atoms with Gasteiger partial charge in [0.25, 0.3) is 0 Å². The third-order valence-electron chi connectivity index (χ3n) is 4.76. The number of nitrogens with zero attached hydrogens (tertiary/aromatic N) is 2. The summed E-state index contributed by atoms with van der Waals surface area (Å²) in [5.74, 6) is -0.379. The molecule has 2 aromatic carbocycles. The maximum Gasteiger partial charge on any atom is 0.497 e. The van der Waals surface area contributed by atoms with Crippen molar-refractivity contribution in [3.63, 3.8) is 0 Å². The molecule has 1 aliphatic heterocycles. The number of rotatable bonds is 4. The van der Waals surface area contributed by atoms with E-state index in [2.05, 4.69) is 5.10 Å². The number of fused-ring (bicyclic) bond motifs is 1. The van der Waals surface area contributed by atoms with E-state index in [1.165, 1.54) is 6.07 Å². The summed E-state index contributed by atoms with van der Waals surface area (Å²) in [6, 6.07) is 12.4. The van der Waals surface area contributed by atoms with E-state index in [-0.39, 0.29) is 17.8 Å². The number of hydrogen-bond donors (Lipinski definition) is 1. The van der Waals surface area contributed by atoms with Gasteiger partial charge < -0.3 is 14.4 Å². The molecule has 0 unspecified atom stereocenters. The number of aliphatic hydroxyl groups excluding tert-OH is 1. The highest BCUT2D eigenvalue weighted by molar-refractivity contribution is 6.64. The van der Waals surface area contributed by atoms with E-state index >= 15 is 0 Å². The Bertz CT molecular complexity index is 935. The van der Waals surface area contributed by atoms with Crippen molar-refractivity contribution in [2.75, 3.05) is 13.2 Å². The smallest absolute Gasteiger partial charge is 0.407 e. The van der Waals surface area contributed by atoms with E-state index in [1.54, 1.807) is 16.9 Å². The second-order valence-electron chi connectivity index (χ2n) is 7.79. The lowest BCUT2D eigenvalue weighted by Crippen LogP contribution is -2.48. The number of aromatic nitrogens is 2. The topological polar surface area (TPSA) is 56.5 Å². The van der Waals surface area contributed by atoms with Crippen molar-refractivity contribution >= 4 is 23.5 Å². The van der Waals surface area contributed by atoms with Gasteiger partial charge in [-0.2, -0.15) is 5.10 Å². The van der Waals surface area contributed by atoms with E-state index in [9.17, 15) is 9.50 Å². The first kappa shape index (κ1) is 18.2. The van der Waals surface area contributed by atoms with Crippen molar-refractivity contribution in [2.45, 2.75) is 26.5 Å². The maximum atomic E-state index is 14.6. The highest BCUT2D eigenvalue weighted by Crippen LogP contribution is 2.24. The zero-order valence-corrected chi connectivity index (χ0v) is 15.4. The van der Waals surface area contributed by atoms with Crippen LogP contribution in [0.5, 0.6) is 0 Å². The Morgan fingerprint density at radius 2 is 1.89 bits per heavy atom. The van der Waals surface area contributed by atoms with Gasteiger partial charge in [0.05, 0.1) is 18.2 Å². The minimum Gasteiger partial charge on any atom is -0.407 e. The molecule has 140 valence electrons. The number of hydrogen-bond acceptors (Lipinski definition) is 4. The Balaban J connectivity index is 1.63. The molecule has 1 fully saturated rings. The van der Waals surface area contributed by atoms with E-state index in [0.717, 1.165) is 5.56 Å². The van der Waals surface area contributed by atoms with Crippen molar-refractivity contribution in [1.29, 1.82) is 0 Å². The Morgan fingerprint density at radius 1 is 1.19 bits per heavy atom. The molecular formula is C20H22BFN2O3. The minimum atomic E-state index is -0.751. The molecule has 0 spiro atoms. The molecule has 2 heterocycles. The Hall–Kier alpha value is -2.22. The average molecular weight is 368 g/mol. The van der Waals surface area contributed by atoms with E-state index in [0.29, 0.717) is 29.6 Å². The first-order valence-electron chi connectivity index (χ1n) is 9.05. The molecule has 0 saturated carbocycles. The molecular weight excluding hydrogens is 346 g/mol. The third-order valence-corrected chi connectivity index (χ3v) is 4.76. The maximum absolute atomic E-state index is 14.6. The summed E-state index contributed by atoms with van der Waals surface area (Å²) in [6.45, 7) is 5.36. The largest absolute Gasteiger partial charge is 0.497 e. The summed E-state index contributed by atoms with van der Waals surface area (Å²) < 4.78 is 27.8. The van der Waals surface area contributed by atoms with Gasteiger partial charge in [0.1, 0.15) is 5.82 Å².